The maximum atomic E-state index is 7.00. The van der Waals surface area contributed by atoms with E-state index in [1.807, 2.05) is 6.92 Å². The van der Waals surface area contributed by atoms with Gasteiger partial charge in [-0.2, -0.15) is 0 Å². The van der Waals surface area contributed by atoms with Gasteiger partial charge in [-0.05, 0) is 19.8 Å². The van der Waals surface area contributed by atoms with Gasteiger partial charge in [-0.25, -0.2) is 0 Å². The predicted molar refractivity (Wildman–Crippen MR) is 38.7 cm³/mol. The van der Waals surface area contributed by atoms with Gasteiger partial charge in [0.1, 0.15) is 0 Å². The fourth-order valence-electron chi connectivity index (χ4n) is 0.751. The summed E-state index contributed by atoms with van der Waals surface area (Å²) in [5.74, 6) is 0. The maximum Gasteiger partial charge on any atom is 0.154 e. The topological polar surface area (TPSA) is 38.7 Å². The summed E-state index contributed by atoms with van der Waals surface area (Å²) in [6.45, 7) is 3.66. The molecule has 3 heteroatoms. The van der Waals surface area contributed by atoms with E-state index in [9.17, 15) is 0 Å². The first-order chi connectivity index (χ1) is 4.89. The van der Waals surface area contributed by atoms with E-state index in [1.165, 1.54) is 0 Å². The zero-order valence-corrected chi connectivity index (χ0v) is 6.67. The molecule has 1 heterocycles. The van der Waals surface area contributed by atoms with Gasteiger partial charge < -0.3 is 14.6 Å². The molecule has 0 aromatic rings. The fourth-order valence-corrected chi connectivity index (χ4v) is 0.751. The van der Waals surface area contributed by atoms with Crippen LogP contribution in [0, 0.1) is 0 Å². The molecule has 0 aromatic heterocycles. The molecule has 62 valence electrons. The number of aliphatic hydroxyl groups is 1. The monoisotopic (exact) mass is 148 g/mol. The molecule has 0 radical (unpaired) electrons. The minimum absolute atomic E-state index is 0.0255. The normalized spacial score (nSPS) is 20.7. The van der Waals surface area contributed by atoms with Gasteiger partial charge in [0.25, 0.3) is 0 Å². The van der Waals surface area contributed by atoms with Crippen LogP contribution in [0.2, 0.25) is 0 Å². The van der Waals surface area contributed by atoms with Crippen LogP contribution in [0.1, 0.15) is 19.8 Å². The molecule has 0 bridgehead atoms. The molecule has 0 saturated carbocycles. The Morgan fingerprint density at radius 3 is 1.90 bits per heavy atom. The minimum atomic E-state index is 0.0255. The van der Waals surface area contributed by atoms with Crippen LogP contribution in [0.25, 0.3) is 0 Å². The van der Waals surface area contributed by atoms with Crippen LogP contribution in [-0.4, -0.2) is 31.7 Å². The molecular formula is C7H16O3. The van der Waals surface area contributed by atoms with Gasteiger partial charge in [-0.15, -0.1) is 0 Å². The third-order valence-corrected chi connectivity index (χ3v) is 1.24. The molecule has 0 spiro atoms. The molecule has 1 aliphatic heterocycles. The molecule has 0 aromatic carbocycles. The van der Waals surface area contributed by atoms with Crippen LogP contribution in [0.4, 0.5) is 0 Å². The second kappa shape index (κ2) is 6.99. The van der Waals surface area contributed by atoms with E-state index in [4.69, 9.17) is 14.6 Å². The van der Waals surface area contributed by atoms with E-state index in [0.717, 1.165) is 33.2 Å². The quantitative estimate of drug-likeness (QED) is 0.551. The van der Waals surface area contributed by atoms with Crippen molar-refractivity contribution in [2.45, 2.75) is 26.1 Å². The Bertz CT molecular complexity index is 57.9. The lowest BCUT2D eigenvalue weighted by Gasteiger charge is -2.07. The van der Waals surface area contributed by atoms with Gasteiger partial charge in [-0.3, -0.25) is 0 Å². The zero-order chi connectivity index (χ0) is 7.82. The lowest BCUT2D eigenvalue weighted by molar-refractivity contribution is -0.112. The maximum absolute atomic E-state index is 7.00. The number of rotatable bonds is 0. The molecule has 3 nitrogen and oxygen atoms in total. The summed E-state index contributed by atoms with van der Waals surface area (Å²) in [4.78, 5) is 0. The summed E-state index contributed by atoms with van der Waals surface area (Å²) in [5.41, 5.74) is 0. The van der Waals surface area contributed by atoms with Crippen LogP contribution in [0.5, 0.6) is 0 Å². The average Bonchev–Trinajstić information content (AvgIpc) is 2.21. The summed E-state index contributed by atoms with van der Waals surface area (Å²) in [6.07, 6.45) is 2.31. The molecule has 0 atom stereocenters. The van der Waals surface area contributed by atoms with Crippen molar-refractivity contribution < 1.29 is 14.6 Å². The first-order valence-corrected chi connectivity index (χ1v) is 3.57. The van der Waals surface area contributed by atoms with Crippen LogP contribution in [-0.2, 0) is 9.47 Å². The lowest BCUT2D eigenvalue weighted by atomic mass is 10.3. The van der Waals surface area contributed by atoms with Gasteiger partial charge in [0.15, 0.2) is 6.29 Å². The number of hydrogen-bond acceptors (Lipinski definition) is 3. The number of hydrogen-bond donors (Lipinski definition) is 1. The van der Waals surface area contributed by atoms with Crippen LogP contribution >= 0.6 is 0 Å². The van der Waals surface area contributed by atoms with E-state index in [0.29, 0.717) is 0 Å². The van der Waals surface area contributed by atoms with Crippen molar-refractivity contribution in [3.63, 3.8) is 0 Å². The van der Waals surface area contributed by atoms with Gasteiger partial charge in [0, 0.05) is 20.3 Å². The van der Waals surface area contributed by atoms with Gasteiger partial charge in [-0.1, -0.05) is 0 Å². The Balaban J connectivity index is 0.000000371. The predicted octanol–water partition coefficient (Wildman–Crippen LogP) is 0.768. The molecule has 0 aliphatic carbocycles. The smallest absolute Gasteiger partial charge is 0.154 e. The van der Waals surface area contributed by atoms with E-state index < -0.39 is 0 Å². The second-order valence-corrected chi connectivity index (χ2v) is 2.02. The molecule has 1 aliphatic rings. The number of aliphatic hydroxyl groups excluding tert-OH is 1. The van der Waals surface area contributed by atoms with Crippen LogP contribution < -0.4 is 0 Å². The largest absolute Gasteiger partial charge is 0.400 e. The highest BCUT2D eigenvalue weighted by Crippen LogP contribution is 2.03. The SMILES string of the molecule is CC1OCCCCO1.CO. The van der Waals surface area contributed by atoms with Crippen LogP contribution in [0.15, 0.2) is 0 Å². The Labute approximate surface area is 62.0 Å². The van der Waals surface area contributed by atoms with Crippen molar-refractivity contribution in [3.8, 4) is 0 Å². The summed E-state index contributed by atoms with van der Waals surface area (Å²) in [5, 5.41) is 7.00. The standard InChI is InChI=1S/C6H12O2.CH4O/c1-6-7-4-2-3-5-8-6;1-2/h6H,2-5H2,1H3;2H,1H3. The molecule has 1 rings (SSSR count). The Kier molecular flexibility index (Phi) is 6.91. The van der Waals surface area contributed by atoms with Crippen molar-refractivity contribution in [1.82, 2.24) is 0 Å². The summed E-state index contributed by atoms with van der Waals surface area (Å²) in [7, 11) is 1.00. The van der Waals surface area contributed by atoms with Crippen LogP contribution in [0.3, 0.4) is 0 Å². The molecular weight excluding hydrogens is 132 g/mol. The Hall–Kier alpha value is -0.120. The van der Waals surface area contributed by atoms with Gasteiger partial charge in [0.05, 0.1) is 0 Å². The summed E-state index contributed by atoms with van der Waals surface area (Å²) >= 11 is 0. The Morgan fingerprint density at radius 2 is 1.50 bits per heavy atom. The fraction of sp³-hybridized carbons (Fsp3) is 1.00. The highest BCUT2D eigenvalue weighted by Gasteiger charge is 2.04. The second-order valence-electron chi connectivity index (χ2n) is 2.02. The first kappa shape index (κ1) is 9.88. The molecule has 0 unspecified atom stereocenters. The van der Waals surface area contributed by atoms with Crippen molar-refractivity contribution >= 4 is 0 Å². The van der Waals surface area contributed by atoms with E-state index in [2.05, 4.69) is 0 Å². The molecule has 10 heavy (non-hydrogen) atoms. The minimum Gasteiger partial charge on any atom is -0.400 e. The summed E-state index contributed by atoms with van der Waals surface area (Å²) in [6, 6.07) is 0. The Morgan fingerprint density at radius 1 is 1.10 bits per heavy atom. The highest BCUT2D eigenvalue weighted by atomic mass is 16.7. The van der Waals surface area contributed by atoms with Crippen molar-refractivity contribution in [3.05, 3.63) is 0 Å². The average molecular weight is 148 g/mol. The summed E-state index contributed by atoms with van der Waals surface area (Å²) < 4.78 is 10.4. The van der Waals surface area contributed by atoms with E-state index >= 15 is 0 Å². The van der Waals surface area contributed by atoms with Crippen molar-refractivity contribution in [2.75, 3.05) is 20.3 Å². The highest BCUT2D eigenvalue weighted by molar-refractivity contribution is 4.44. The zero-order valence-electron chi connectivity index (χ0n) is 6.67. The number of ether oxygens (including phenoxy) is 2. The van der Waals surface area contributed by atoms with E-state index in [1.54, 1.807) is 0 Å². The van der Waals surface area contributed by atoms with Crippen molar-refractivity contribution in [2.24, 2.45) is 0 Å². The van der Waals surface area contributed by atoms with Crippen molar-refractivity contribution in [1.29, 1.82) is 0 Å². The molecule has 1 N–H and O–H groups in total. The van der Waals surface area contributed by atoms with Gasteiger partial charge >= 0.3 is 0 Å². The molecule has 0 amide bonds. The van der Waals surface area contributed by atoms with Gasteiger partial charge in [0.2, 0.25) is 0 Å². The molecule has 1 saturated heterocycles. The molecule has 1 fully saturated rings. The third kappa shape index (κ3) is 4.73. The first-order valence-electron chi connectivity index (χ1n) is 3.57. The van der Waals surface area contributed by atoms with E-state index in [-0.39, 0.29) is 6.29 Å². The third-order valence-electron chi connectivity index (χ3n) is 1.24. The lowest BCUT2D eigenvalue weighted by Crippen LogP contribution is -2.09.